The average molecular weight is 410 g/mol. The van der Waals surface area contributed by atoms with Gasteiger partial charge in [-0.2, -0.15) is 0 Å². The van der Waals surface area contributed by atoms with Crippen molar-refractivity contribution in [3.63, 3.8) is 0 Å². The molecular weight excluding hydrogens is 388 g/mol. The summed E-state index contributed by atoms with van der Waals surface area (Å²) in [5.74, 6) is -0.607. The Morgan fingerprint density at radius 2 is 1.00 bits per heavy atom. The van der Waals surface area contributed by atoms with Gasteiger partial charge >= 0.3 is 11.9 Å². The van der Waals surface area contributed by atoms with Gasteiger partial charge in [0.25, 0.3) is 0 Å². The molecule has 4 unspecified atom stereocenters. The Morgan fingerprint density at radius 3 is 1.39 bits per heavy atom. The molecule has 0 N–H and O–H groups in total. The minimum atomic E-state index is -0.484. The zero-order valence-electron chi connectivity index (χ0n) is 16.9. The van der Waals surface area contributed by atoms with E-state index in [-0.39, 0.29) is 29.2 Å². The normalized spacial score (nSPS) is 26.3. The molecular formula is C27H22O4. The number of esters is 2. The summed E-state index contributed by atoms with van der Waals surface area (Å²) >= 11 is 0. The van der Waals surface area contributed by atoms with Crippen molar-refractivity contribution >= 4 is 11.9 Å². The van der Waals surface area contributed by atoms with Crippen LogP contribution in [0.3, 0.4) is 0 Å². The quantitative estimate of drug-likeness (QED) is 0.561. The molecule has 4 atom stereocenters. The van der Waals surface area contributed by atoms with E-state index >= 15 is 0 Å². The Bertz CT molecular complexity index is 1060. The van der Waals surface area contributed by atoms with Gasteiger partial charge in [-0.05, 0) is 53.6 Å². The molecule has 3 aliphatic rings. The molecule has 2 bridgehead atoms. The number of ether oxygens (including phenoxy) is 2. The lowest BCUT2D eigenvalue weighted by atomic mass is 9.87. The summed E-state index contributed by atoms with van der Waals surface area (Å²) in [6.45, 7) is 0. The molecule has 2 saturated carbocycles. The Balaban J connectivity index is 1.37. The lowest BCUT2D eigenvalue weighted by molar-refractivity contribution is -0.0348. The zero-order valence-corrected chi connectivity index (χ0v) is 16.9. The first-order chi connectivity index (χ1) is 15.2. The Kier molecular flexibility index (Phi) is 4.04. The van der Waals surface area contributed by atoms with Crippen LogP contribution in [0.4, 0.5) is 0 Å². The highest BCUT2D eigenvalue weighted by Gasteiger charge is 2.73. The van der Waals surface area contributed by atoms with Crippen LogP contribution < -0.4 is 0 Å². The van der Waals surface area contributed by atoms with Gasteiger partial charge in [0.15, 0.2) is 0 Å². The van der Waals surface area contributed by atoms with Crippen LogP contribution in [0, 0.1) is 5.41 Å². The molecule has 4 heteroatoms. The largest absolute Gasteiger partial charge is 0.454 e. The van der Waals surface area contributed by atoms with Crippen molar-refractivity contribution in [1.82, 2.24) is 0 Å². The van der Waals surface area contributed by atoms with E-state index in [2.05, 4.69) is 12.1 Å². The average Bonchev–Trinajstić information content (AvgIpc) is 3.50. The van der Waals surface area contributed by atoms with E-state index < -0.39 is 12.2 Å². The van der Waals surface area contributed by atoms with Gasteiger partial charge < -0.3 is 9.47 Å². The lowest BCUT2D eigenvalue weighted by Gasteiger charge is -2.31. The first kappa shape index (κ1) is 18.4. The number of benzene rings is 3. The van der Waals surface area contributed by atoms with Crippen LogP contribution in [-0.4, -0.2) is 24.1 Å². The fraction of sp³-hybridized carbons (Fsp3) is 0.259. The fourth-order valence-corrected chi connectivity index (χ4v) is 5.85. The van der Waals surface area contributed by atoms with Gasteiger partial charge in [-0.15, -0.1) is 0 Å². The van der Waals surface area contributed by atoms with Crippen LogP contribution in [0.2, 0.25) is 0 Å². The fourth-order valence-electron chi connectivity index (χ4n) is 5.85. The SMILES string of the molecule is O=C(OC1C(OC(=O)c2ccccc2)C2c3ccccc3C1C21CC1)c1ccccc1. The van der Waals surface area contributed by atoms with Gasteiger partial charge in [0.2, 0.25) is 0 Å². The second-order valence-electron chi connectivity index (χ2n) is 8.79. The van der Waals surface area contributed by atoms with E-state index in [4.69, 9.17) is 9.47 Å². The van der Waals surface area contributed by atoms with Crippen molar-refractivity contribution in [1.29, 1.82) is 0 Å². The number of fused-ring (bicyclic) bond motifs is 3. The van der Waals surface area contributed by atoms with Crippen molar-refractivity contribution in [2.24, 2.45) is 5.41 Å². The van der Waals surface area contributed by atoms with Crippen molar-refractivity contribution < 1.29 is 19.1 Å². The topological polar surface area (TPSA) is 52.6 Å². The summed E-state index contributed by atoms with van der Waals surface area (Å²) in [6, 6.07) is 26.4. The van der Waals surface area contributed by atoms with Gasteiger partial charge in [0.1, 0.15) is 12.2 Å². The first-order valence-electron chi connectivity index (χ1n) is 10.8. The first-order valence-corrected chi connectivity index (χ1v) is 10.8. The van der Waals surface area contributed by atoms with E-state index in [1.54, 1.807) is 24.3 Å². The number of carbonyl (C=O) groups excluding carboxylic acids is 2. The molecule has 6 rings (SSSR count). The summed E-state index contributed by atoms with van der Waals surface area (Å²) in [7, 11) is 0. The monoisotopic (exact) mass is 410 g/mol. The Labute approximate surface area is 180 Å². The molecule has 3 aromatic rings. The predicted molar refractivity (Wildman–Crippen MR) is 115 cm³/mol. The van der Waals surface area contributed by atoms with Gasteiger partial charge in [0, 0.05) is 11.8 Å². The molecule has 3 aliphatic carbocycles. The molecule has 154 valence electrons. The highest BCUT2D eigenvalue weighted by Crippen LogP contribution is 2.76. The molecule has 0 aromatic heterocycles. The molecule has 2 fully saturated rings. The highest BCUT2D eigenvalue weighted by atomic mass is 16.6. The molecule has 1 spiro atoms. The van der Waals surface area contributed by atoms with Crippen LogP contribution in [0.15, 0.2) is 84.9 Å². The maximum absolute atomic E-state index is 13.0. The minimum Gasteiger partial charge on any atom is -0.454 e. The van der Waals surface area contributed by atoms with Crippen LogP contribution in [0.25, 0.3) is 0 Å². The second-order valence-corrected chi connectivity index (χ2v) is 8.79. The van der Waals surface area contributed by atoms with Gasteiger partial charge in [-0.25, -0.2) is 9.59 Å². The Morgan fingerprint density at radius 1 is 0.613 bits per heavy atom. The number of hydrogen-bond acceptors (Lipinski definition) is 4. The molecule has 4 nitrogen and oxygen atoms in total. The summed E-state index contributed by atoms with van der Waals surface area (Å²) in [5.41, 5.74) is 3.53. The number of hydrogen-bond donors (Lipinski definition) is 0. The van der Waals surface area contributed by atoms with Crippen LogP contribution >= 0.6 is 0 Å². The summed E-state index contributed by atoms with van der Waals surface area (Å²) in [5, 5.41) is 0. The van der Waals surface area contributed by atoms with E-state index in [1.807, 2.05) is 48.5 Å². The summed E-state index contributed by atoms with van der Waals surface area (Å²) < 4.78 is 12.2. The van der Waals surface area contributed by atoms with Crippen molar-refractivity contribution in [3.05, 3.63) is 107 Å². The third-order valence-corrected chi connectivity index (χ3v) is 7.22. The van der Waals surface area contributed by atoms with Crippen molar-refractivity contribution in [2.45, 2.75) is 36.9 Å². The maximum Gasteiger partial charge on any atom is 0.338 e. The minimum absolute atomic E-state index is 0.0347. The third-order valence-electron chi connectivity index (χ3n) is 7.22. The number of rotatable bonds is 4. The second kappa shape index (κ2) is 6.81. The van der Waals surface area contributed by atoms with Crippen molar-refractivity contribution in [2.75, 3.05) is 0 Å². The van der Waals surface area contributed by atoms with E-state index in [0.717, 1.165) is 12.8 Å². The van der Waals surface area contributed by atoms with Crippen LogP contribution in [-0.2, 0) is 9.47 Å². The molecule has 0 amide bonds. The summed E-state index contributed by atoms with van der Waals surface area (Å²) in [4.78, 5) is 25.9. The molecule has 0 radical (unpaired) electrons. The smallest absolute Gasteiger partial charge is 0.338 e. The van der Waals surface area contributed by atoms with Gasteiger partial charge in [-0.1, -0.05) is 60.7 Å². The molecule has 0 aliphatic heterocycles. The van der Waals surface area contributed by atoms with Crippen LogP contribution in [0.5, 0.6) is 0 Å². The zero-order chi connectivity index (χ0) is 21.0. The van der Waals surface area contributed by atoms with E-state index in [9.17, 15) is 9.59 Å². The van der Waals surface area contributed by atoms with E-state index in [1.165, 1.54) is 11.1 Å². The predicted octanol–water partition coefficient (Wildman–Crippen LogP) is 5.11. The highest BCUT2D eigenvalue weighted by molar-refractivity contribution is 5.90. The van der Waals surface area contributed by atoms with Gasteiger partial charge in [0.05, 0.1) is 11.1 Å². The van der Waals surface area contributed by atoms with Crippen molar-refractivity contribution in [3.8, 4) is 0 Å². The van der Waals surface area contributed by atoms with E-state index in [0.29, 0.717) is 11.1 Å². The third kappa shape index (κ3) is 2.74. The van der Waals surface area contributed by atoms with Gasteiger partial charge in [-0.3, -0.25) is 0 Å². The maximum atomic E-state index is 13.0. The molecule has 0 saturated heterocycles. The molecule has 0 heterocycles. The Hall–Kier alpha value is -3.40. The lowest BCUT2D eigenvalue weighted by Crippen LogP contribution is -2.39. The number of carbonyl (C=O) groups is 2. The standard InChI is InChI=1S/C27H22O4/c28-25(17-9-3-1-4-10-17)30-23-21-19-13-7-8-14-20(19)22(27(21)15-16-27)24(23)31-26(29)18-11-5-2-6-12-18/h1-14,21-24H,15-16H2. The molecule has 31 heavy (non-hydrogen) atoms. The molecule has 3 aromatic carbocycles. The summed E-state index contributed by atoms with van der Waals surface area (Å²) in [6.07, 6.45) is 1.16. The van der Waals surface area contributed by atoms with Crippen LogP contribution in [0.1, 0.15) is 56.5 Å².